The fourth-order valence-corrected chi connectivity index (χ4v) is 1.64. The minimum Gasteiger partial charge on any atom is -0.0985 e. The molecule has 0 bridgehead atoms. The maximum absolute atomic E-state index is 4.85. The summed E-state index contributed by atoms with van der Waals surface area (Å²) in [6.07, 6.45) is 2.81. The molecule has 11 heavy (non-hydrogen) atoms. The summed E-state index contributed by atoms with van der Waals surface area (Å²) in [6, 6.07) is 8.30. The molecule has 1 aromatic rings. The maximum Gasteiger partial charge on any atom is 0.0250 e. The van der Waals surface area contributed by atoms with Crippen molar-refractivity contribution in [1.29, 1.82) is 0 Å². The lowest BCUT2D eigenvalue weighted by molar-refractivity contribution is 1.41. The molecule has 0 spiro atoms. The van der Waals surface area contributed by atoms with Crippen LogP contribution in [0.3, 0.4) is 0 Å². The molecule has 0 aliphatic heterocycles. The Balaban J connectivity index is 2.81. The van der Waals surface area contributed by atoms with E-state index in [1.54, 1.807) is 0 Å². The minimum atomic E-state index is 0.965. The first-order chi connectivity index (χ1) is 5.36. The Kier molecular flexibility index (Phi) is 3.41. The van der Waals surface area contributed by atoms with Crippen LogP contribution >= 0.6 is 7.36 Å². The molecule has 0 heterocycles. The molecule has 1 rings (SSSR count). The van der Waals surface area contributed by atoms with Crippen molar-refractivity contribution >= 4 is 25.2 Å². The van der Waals surface area contributed by atoms with Crippen LogP contribution in [0.15, 0.2) is 30.8 Å². The van der Waals surface area contributed by atoms with Gasteiger partial charge in [-0.1, -0.05) is 48.7 Å². The number of benzene rings is 1. The number of hydrogen-bond donors (Lipinski definition) is 0. The molecule has 0 aromatic heterocycles. The molecule has 0 radical (unpaired) electrons. The Bertz CT molecular complexity index is 251. The van der Waals surface area contributed by atoms with Gasteiger partial charge < -0.3 is 0 Å². The first-order valence-corrected chi connectivity index (χ1v) is 5.46. The van der Waals surface area contributed by atoms with E-state index in [9.17, 15) is 0 Å². The van der Waals surface area contributed by atoms with E-state index in [0.717, 1.165) is 19.1 Å². The fourth-order valence-electron chi connectivity index (χ4n) is 0.834. The smallest absolute Gasteiger partial charge is 0.0250 e. The van der Waals surface area contributed by atoms with E-state index in [1.165, 1.54) is 5.56 Å². The summed E-state index contributed by atoms with van der Waals surface area (Å²) in [5, 5.41) is 0. The van der Waals surface area contributed by atoms with Gasteiger partial charge in [-0.05, 0) is 18.5 Å². The molecular weight excluding hydrogens is 171 g/mol. The molecule has 0 nitrogen and oxygen atoms in total. The average molecular weight is 180 g/mol. The van der Waals surface area contributed by atoms with E-state index < -0.39 is 0 Å². The number of hydrogen-bond acceptors (Lipinski definition) is 1. The normalized spacial score (nSPS) is 9.82. The van der Waals surface area contributed by atoms with E-state index in [-0.39, 0.29) is 0 Å². The van der Waals surface area contributed by atoms with Crippen molar-refractivity contribution in [2.75, 3.05) is 0 Å². The van der Waals surface area contributed by atoms with Gasteiger partial charge in [-0.3, -0.25) is 0 Å². The predicted molar refractivity (Wildman–Crippen MR) is 54.5 cm³/mol. The summed E-state index contributed by atoms with van der Waals surface area (Å²) in [4.78, 5) is 0. The van der Waals surface area contributed by atoms with E-state index in [2.05, 4.69) is 30.8 Å². The van der Waals surface area contributed by atoms with Crippen LogP contribution in [0.5, 0.6) is 0 Å². The van der Waals surface area contributed by atoms with Crippen LogP contribution in [0.1, 0.15) is 11.1 Å². The molecule has 2 heteroatoms. The lowest BCUT2D eigenvalue weighted by Gasteiger charge is -1.95. The fraction of sp³-hybridized carbons (Fsp3) is 0.111. The van der Waals surface area contributed by atoms with Crippen LogP contribution in [0.25, 0.3) is 6.08 Å². The Hall–Kier alpha value is -0.520. The molecule has 0 atom stereocenters. The third kappa shape index (κ3) is 2.53. The maximum atomic E-state index is 4.85. The second-order valence-corrected chi connectivity index (χ2v) is 3.58. The van der Waals surface area contributed by atoms with Gasteiger partial charge in [0.25, 0.3) is 0 Å². The van der Waals surface area contributed by atoms with Crippen molar-refractivity contribution < 1.29 is 0 Å². The van der Waals surface area contributed by atoms with Gasteiger partial charge in [0.05, 0.1) is 0 Å². The molecule has 0 fully saturated rings. The zero-order valence-electron chi connectivity index (χ0n) is 6.16. The van der Waals surface area contributed by atoms with Crippen molar-refractivity contribution in [3.05, 3.63) is 42.0 Å². The van der Waals surface area contributed by atoms with Crippen LogP contribution in [0.2, 0.25) is 0 Å². The standard InChI is InChI=1S/C9H9PS/c1-2-8-3-5-9(6-4-8)7-10-11/h2-6H,1,7H2. The lowest BCUT2D eigenvalue weighted by Crippen LogP contribution is -1.76. The van der Waals surface area contributed by atoms with E-state index in [0.29, 0.717) is 0 Å². The van der Waals surface area contributed by atoms with Crippen molar-refractivity contribution in [1.82, 2.24) is 0 Å². The van der Waals surface area contributed by atoms with Crippen molar-refractivity contribution in [2.45, 2.75) is 6.16 Å². The third-order valence-corrected chi connectivity index (χ3v) is 2.34. The summed E-state index contributed by atoms with van der Waals surface area (Å²) >= 11 is 4.85. The first-order valence-electron chi connectivity index (χ1n) is 3.37. The quantitative estimate of drug-likeness (QED) is 0.643. The molecular formula is C9H9PS. The molecule has 0 N–H and O–H groups in total. The summed E-state index contributed by atoms with van der Waals surface area (Å²) < 4.78 is 0. The van der Waals surface area contributed by atoms with Gasteiger partial charge in [-0.2, -0.15) is 0 Å². The van der Waals surface area contributed by atoms with Gasteiger partial charge in [-0.25, -0.2) is 0 Å². The Labute approximate surface area is 73.8 Å². The van der Waals surface area contributed by atoms with Gasteiger partial charge in [0.2, 0.25) is 0 Å². The summed E-state index contributed by atoms with van der Waals surface area (Å²) in [6.45, 7) is 3.68. The van der Waals surface area contributed by atoms with Crippen molar-refractivity contribution in [3.63, 3.8) is 0 Å². The molecule has 0 amide bonds. The lowest BCUT2D eigenvalue weighted by atomic mass is 10.1. The van der Waals surface area contributed by atoms with E-state index in [1.807, 2.05) is 6.08 Å². The van der Waals surface area contributed by atoms with Crippen LogP contribution in [0, 0.1) is 0 Å². The third-order valence-electron chi connectivity index (χ3n) is 1.46. The summed E-state index contributed by atoms with van der Waals surface area (Å²) in [5.41, 5.74) is 2.46. The SMILES string of the molecule is C=Cc1ccc(CP=S)cc1. The predicted octanol–water partition coefficient (Wildman–Crippen LogP) is 3.24. The van der Waals surface area contributed by atoms with Gasteiger partial charge in [0.1, 0.15) is 0 Å². The molecule has 0 unspecified atom stereocenters. The monoisotopic (exact) mass is 180 g/mol. The molecule has 1 aromatic carbocycles. The van der Waals surface area contributed by atoms with Gasteiger partial charge >= 0.3 is 0 Å². The molecule has 56 valence electrons. The Morgan fingerprint density at radius 2 is 2.00 bits per heavy atom. The Morgan fingerprint density at radius 3 is 2.45 bits per heavy atom. The Morgan fingerprint density at radius 1 is 1.36 bits per heavy atom. The minimum absolute atomic E-state index is 0.965. The van der Waals surface area contributed by atoms with Crippen LogP contribution in [-0.4, -0.2) is 0 Å². The van der Waals surface area contributed by atoms with Crippen molar-refractivity contribution in [3.8, 4) is 0 Å². The second kappa shape index (κ2) is 4.38. The summed E-state index contributed by atoms with van der Waals surface area (Å²) in [7, 11) is 1.01. The summed E-state index contributed by atoms with van der Waals surface area (Å²) in [5.74, 6) is 0. The molecule has 0 saturated heterocycles. The largest absolute Gasteiger partial charge is 0.0985 e. The van der Waals surface area contributed by atoms with E-state index >= 15 is 0 Å². The van der Waals surface area contributed by atoms with Crippen LogP contribution in [0.4, 0.5) is 0 Å². The zero-order chi connectivity index (χ0) is 8.10. The van der Waals surface area contributed by atoms with Crippen LogP contribution in [-0.2, 0) is 18.0 Å². The average Bonchev–Trinajstić information content (AvgIpc) is 2.07. The van der Waals surface area contributed by atoms with E-state index in [4.69, 9.17) is 11.8 Å². The highest BCUT2D eigenvalue weighted by atomic mass is 32.4. The molecule has 0 aliphatic carbocycles. The first kappa shape index (κ1) is 8.58. The second-order valence-electron chi connectivity index (χ2n) is 2.23. The topological polar surface area (TPSA) is 0 Å². The molecule has 0 saturated carbocycles. The number of rotatable bonds is 3. The molecule has 0 aliphatic rings. The van der Waals surface area contributed by atoms with Gasteiger partial charge in [-0.15, -0.1) is 0 Å². The highest BCUT2D eigenvalue weighted by molar-refractivity contribution is 7.96. The highest BCUT2D eigenvalue weighted by Gasteiger charge is 1.88. The zero-order valence-corrected chi connectivity index (χ0v) is 7.87. The highest BCUT2D eigenvalue weighted by Crippen LogP contribution is 2.10. The van der Waals surface area contributed by atoms with Crippen molar-refractivity contribution in [2.24, 2.45) is 0 Å². The van der Waals surface area contributed by atoms with Gasteiger partial charge in [0.15, 0.2) is 0 Å². The van der Waals surface area contributed by atoms with Crippen LogP contribution < -0.4 is 0 Å². The van der Waals surface area contributed by atoms with Gasteiger partial charge in [0, 0.05) is 6.16 Å².